The predicted molar refractivity (Wildman–Crippen MR) is 49.9 cm³/mol. The van der Waals surface area contributed by atoms with Gasteiger partial charge in [-0.15, -0.1) is 0 Å². The highest BCUT2D eigenvalue weighted by Crippen LogP contribution is 2.29. The lowest BCUT2D eigenvalue weighted by atomic mass is 10.1. The van der Waals surface area contributed by atoms with Crippen molar-refractivity contribution in [2.45, 2.75) is 25.4 Å². The quantitative estimate of drug-likeness (QED) is 0.688. The lowest BCUT2D eigenvalue weighted by Gasteiger charge is -2.08. The molecule has 1 nitrogen and oxygen atoms in total. The van der Waals surface area contributed by atoms with Gasteiger partial charge in [-0.05, 0) is 30.9 Å². The van der Waals surface area contributed by atoms with Crippen LogP contribution in [0.25, 0.3) is 0 Å². The molecule has 0 aliphatic carbocycles. The van der Waals surface area contributed by atoms with Gasteiger partial charge in [0.2, 0.25) is 0 Å². The maximum absolute atomic E-state index is 12.3. The first kappa shape index (κ1) is 12.0. The normalized spacial score (nSPS) is 11.7. The van der Waals surface area contributed by atoms with Crippen molar-refractivity contribution < 1.29 is 18.3 Å². The van der Waals surface area contributed by atoms with E-state index in [1.54, 1.807) is 6.07 Å². The zero-order valence-corrected chi connectivity index (χ0v) is 8.18. The number of alkyl halides is 3. The molecule has 1 radical (unpaired) electrons. The third-order valence-corrected chi connectivity index (χ3v) is 2.11. The molecule has 0 atom stereocenters. The summed E-state index contributed by atoms with van der Waals surface area (Å²) in [5.41, 5.74) is 0.0143. The maximum Gasteiger partial charge on any atom is 0.416 e. The van der Waals surface area contributed by atoms with E-state index >= 15 is 0 Å². The molecule has 1 aromatic rings. The highest BCUT2D eigenvalue weighted by atomic mass is 19.4. The van der Waals surface area contributed by atoms with Crippen molar-refractivity contribution in [3.63, 3.8) is 0 Å². The van der Waals surface area contributed by atoms with Crippen molar-refractivity contribution in [2.75, 3.05) is 6.61 Å². The lowest BCUT2D eigenvalue weighted by Crippen LogP contribution is -2.05. The number of rotatable bonds is 4. The Morgan fingerprint density at radius 1 is 1.13 bits per heavy atom. The molecule has 0 unspecified atom stereocenters. The van der Waals surface area contributed by atoms with E-state index in [0.717, 1.165) is 12.1 Å². The Morgan fingerprint density at radius 3 is 2.47 bits per heavy atom. The van der Waals surface area contributed by atoms with Gasteiger partial charge >= 0.3 is 6.18 Å². The molecule has 0 amide bonds. The first-order valence-electron chi connectivity index (χ1n) is 4.78. The molecule has 0 fully saturated rings. The van der Waals surface area contributed by atoms with E-state index in [1.807, 2.05) is 0 Å². The molecule has 15 heavy (non-hydrogen) atoms. The van der Waals surface area contributed by atoms with Crippen LogP contribution in [0.3, 0.4) is 0 Å². The average molecular weight is 217 g/mol. The van der Waals surface area contributed by atoms with Crippen molar-refractivity contribution in [3.05, 3.63) is 35.4 Å². The molecule has 1 rings (SSSR count). The van der Waals surface area contributed by atoms with Gasteiger partial charge in [0.05, 0.1) is 12.2 Å². The Hall–Kier alpha value is -1.03. The fraction of sp³-hybridized carbons (Fsp3) is 0.455. The van der Waals surface area contributed by atoms with E-state index in [1.165, 1.54) is 6.07 Å². The highest BCUT2D eigenvalue weighted by molar-refractivity contribution is 5.25. The summed E-state index contributed by atoms with van der Waals surface area (Å²) in [7, 11) is 0. The minimum absolute atomic E-state index is 0.168. The molecule has 0 spiro atoms. The van der Waals surface area contributed by atoms with Crippen molar-refractivity contribution >= 4 is 0 Å². The Balaban J connectivity index is 2.66. The van der Waals surface area contributed by atoms with Crippen LogP contribution in [0, 0.1) is 0 Å². The maximum atomic E-state index is 12.3. The summed E-state index contributed by atoms with van der Waals surface area (Å²) in [5.74, 6) is 0. The predicted octanol–water partition coefficient (Wildman–Crippen LogP) is 3.46. The fourth-order valence-corrected chi connectivity index (χ4v) is 1.33. The van der Waals surface area contributed by atoms with Crippen LogP contribution < -0.4 is 0 Å². The van der Waals surface area contributed by atoms with Gasteiger partial charge < -0.3 is 0 Å². The third kappa shape index (κ3) is 3.91. The number of unbranched alkanes of at least 4 members (excludes halogenated alkanes) is 1. The first-order valence-corrected chi connectivity index (χ1v) is 4.78. The number of aryl methyl sites for hydroxylation is 1. The molecule has 0 aliphatic rings. The zero-order chi connectivity index (χ0) is 11.3. The van der Waals surface area contributed by atoms with Crippen LogP contribution in [-0.4, -0.2) is 6.61 Å². The second-order valence-corrected chi connectivity index (χ2v) is 3.36. The van der Waals surface area contributed by atoms with Crippen LogP contribution in [0.15, 0.2) is 24.3 Å². The standard InChI is InChI=1S/C11H12F3O/c12-11(13,14)10-6-3-5-9(8-10)4-1-2-7-15/h3,5-6,8H,1-2,4,7H2. The summed E-state index contributed by atoms with van der Waals surface area (Å²) < 4.78 is 36.9. The minimum atomic E-state index is -4.28. The fourth-order valence-electron chi connectivity index (χ4n) is 1.33. The molecule has 1 aromatic carbocycles. The molecule has 0 N–H and O–H groups in total. The Kier molecular flexibility index (Phi) is 4.15. The first-order chi connectivity index (χ1) is 7.04. The van der Waals surface area contributed by atoms with Crippen LogP contribution in [0.2, 0.25) is 0 Å². The second-order valence-electron chi connectivity index (χ2n) is 3.36. The zero-order valence-electron chi connectivity index (χ0n) is 8.18. The number of hydrogen-bond acceptors (Lipinski definition) is 0. The van der Waals surface area contributed by atoms with Gasteiger partial charge in [-0.25, -0.2) is 5.11 Å². The lowest BCUT2D eigenvalue weighted by molar-refractivity contribution is -0.137. The third-order valence-electron chi connectivity index (χ3n) is 2.11. The molecule has 4 heteroatoms. The van der Waals surface area contributed by atoms with Crippen LogP contribution in [0.4, 0.5) is 13.2 Å². The van der Waals surface area contributed by atoms with Gasteiger partial charge in [0.1, 0.15) is 0 Å². The second kappa shape index (κ2) is 5.16. The van der Waals surface area contributed by atoms with Crippen LogP contribution in [-0.2, 0) is 17.7 Å². The molecule has 0 aliphatic heterocycles. The van der Waals surface area contributed by atoms with Crippen molar-refractivity contribution in [3.8, 4) is 0 Å². The van der Waals surface area contributed by atoms with Gasteiger partial charge in [0.15, 0.2) is 0 Å². The summed E-state index contributed by atoms with van der Waals surface area (Å²) in [5, 5.41) is 10.2. The molecule has 0 aromatic heterocycles. The van der Waals surface area contributed by atoms with E-state index in [-0.39, 0.29) is 6.61 Å². The van der Waals surface area contributed by atoms with Gasteiger partial charge in [-0.3, -0.25) is 0 Å². The largest absolute Gasteiger partial charge is 0.416 e. The summed E-state index contributed by atoms with van der Waals surface area (Å²) in [6, 6.07) is 5.25. The number of halogens is 3. The van der Waals surface area contributed by atoms with Gasteiger partial charge in [-0.2, -0.15) is 13.2 Å². The smallest absolute Gasteiger partial charge is 0.237 e. The van der Waals surface area contributed by atoms with Crippen molar-refractivity contribution in [1.29, 1.82) is 0 Å². The molecule has 0 saturated carbocycles. The molecule has 83 valence electrons. The highest BCUT2D eigenvalue weighted by Gasteiger charge is 2.30. The Bertz CT molecular complexity index is 307. The average Bonchev–Trinajstić information content (AvgIpc) is 2.17. The molecule has 0 heterocycles. The topological polar surface area (TPSA) is 19.9 Å². The Labute approximate surface area is 86.5 Å². The van der Waals surface area contributed by atoms with E-state index in [9.17, 15) is 18.3 Å². The minimum Gasteiger partial charge on any atom is -0.237 e. The van der Waals surface area contributed by atoms with Crippen molar-refractivity contribution in [1.82, 2.24) is 0 Å². The van der Waals surface area contributed by atoms with Gasteiger partial charge in [0, 0.05) is 0 Å². The summed E-state index contributed by atoms with van der Waals surface area (Å²) >= 11 is 0. The van der Waals surface area contributed by atoms with E-state index in [4.69, 9.17) is 0 Å². The molecule has 0 saturated heterocycles. The van der Waals surface area contributed by atoms with E-state index in [2.05, 4.69) is 0 Å². The monoisotopic (exact) mass is 217 g/mol. The summed E-state index contributed by atoms with van der Waals surface area (Å²) in [4.78, 5) is 0. The molecular weight excluding hydrogens is 205 g/mol. The van der Waals surface area contributed by atoms with Crippen molar-refractivity contribution in [2.24, 2.45) is 0 Å². The van der Waals surface area contributed by atoms with Crippen LogP contribution in [0.1, 0.15) is 24.0 Å². The van der Waals surface area contributed by atoms with E-state index < -0.39 is 11.7 Å². The Morgan fingerprint density at radius 2 is 1.87 bits per heavy atom. The van der Waals surface area contributed by atoms with Gasteiger partial charge in [-0.1, -0.05) is 18.2 Å². The van der Waals surface area contributed by atoms with Crippen LogP contribution >= 0.6 is 0 Å². The number of benzene rings is 1. The van der Waals surface area contributed by atoms with E-state index in [0.29, 0.717) is 24.8 Å². The van der Waals surface area contributed by atoms with Crippen LogP contribution in [0.5, 0.6) is 0 Å². The van der Waals surface area contributed by atoms with Gasteiger partial charge in [0.25, 0.3) is 0 Å². The summed E-state index contributed by atoms with van der Waals surface area (Å²) in [6.45, 7) is -0.168. The number of hydrogen-bond donors (Lipinski definition) is 0. The SMILES string of the molecule is [O]CCCCc1cccc(C(F)(F)F)c1. The molecule has 0 bridgehead atoms. The molecular formula is C11H12F3O. The summed E-state index contributed by atoms with van der Waals surface area (Å²) in [6.07, 6.45) is -2.60.